The molecule has 4 N–H and O–H groups in total. The van der Waals surface area contributed by atoms with Crippen LogP contribution in [0.4, 0.5) is 10.8 Å². The van der Waals surface area contributed by atoms with Gasteiger partial charge in [-0.05, 0) is 42.5 Å². The van der Waals surface area contributed by atoms with Crippen LogP contribution < -0.4 is 21.3 Å². The predicted molar refractivity (Wildman–Crippen MR) is 93.0 cm³/mol. The maximum atomic E-state index is 11.9. The molecule has 0 aliphatic rings. The molecule has 0 saturated carbocycles. The maximum Gasteiger partial charge on any atom is 0.262 e. The number of anilines is 2. The zero-order valence-corrected chi connectivity index (χ0v) is 13.4. The number of thiazole rings is 1. The van der Waals surface area contributed by atoms with E-state index in [0.29, 0.717) is 21.6 Å². The first kappa shape index (κ1) is 15.5. The Morgan fingerprint density at radius 3 is 2.78 bits per heavy atom. The Hall–Kier alpha value is -2.35. The normalized spacial score (nSPS) is 10.5. The highest BCUT2D eigenvalue weighted by Gasteiger charge is 2.07. The molecule has 0 unspecified atom stereocenters. The number of halogens is 1. The summed E-state index contributed by atoms with van der Waals surface area (Å²) in [7, 11) is 0. The van der Waals surface area contributed by atoms with Crippen molar-refractivity contribution in [3.05, 3.63) is 47.5 Å². The number of amides is 1. The standard InChI is InChI=1S/C15H13ClN4O2S/c16-9-1-4-11(5-2-9)22-8-14(21)18-10-3-6-12-13(7-10)23-15(19-12)20-17/h1-7H,8,17H2,(H,18,21)(H,19,20). The summed E-state index contributed by atoms with van der Waals surface area (Å²) < 4.78 is 6.32. The fraction of sp³-hybridized carbons (Fsp3) is 0.0667. The van der Waals surface area contributed by atoms with Crippen molar-refractivity contribution in [3.8, 4) is 5.75 Å². The molecule has 1 aromatic heterocycles. The van der Waals surface area contributed by atoms with E-state index in [4.69, 9.17) is 22.2 Å². The number of benzene rings is 2. The number of hydrazine groups is 1. The lowest BCUT2D eigenvalue weighted by Gasteiger charge is -2.07. The van der Waals surface area contributed by atoms with E-state index in [9.17, 15) is 4.79 Å². The quantitative estimate of drug-likeness (QED) is 0.486. The SMILES string of the molecule is NNc1nc2ccc(NC(=O)COc3ccc(Cl)cc3)cc2s1. The van der Waals surface area contributed by atoms with Gasteiger partial charge in [0.25, 0.3) is 5.91 Å². The fourth-order valence-electron chi connectivity index (χ4n) is 1.94. The summed E-state index contributed by atoms with van der Waals surface area (Å²) in [5.41, 5.74) is 4.00. The Morgan fingerprint density at radius 1 is 1.26 bits per heavy atom. The summed E-state index contributed by atoms with van der Waals surface area (Å²) in [6.45, 7) is -0.0854. The minimum atomic E-state index is -0.249. The van der Waals surface area contributed by atoms with Gasteiger partial charge >= 0.3 is 0 Å². The Labute approximate surface area is 141 Å². The maximum absolute atomic E-state index is 11.9. The van der Waals surface area contributed by atoms with Crippen molar-refractivity contribution in [2.24, 2.45) is 5.84 Å². The zero-order chi connectivity index (χ0) is 16.2. The van der Waals surface area contributed by atoms with Gasteiger partial charge in [-0.25, -0.2) is 10.8 Å². The number of aromatic nitrogens is 1. The molecule has 1 heterocycles. The number of carbonyl (C=O) groups is 1. The highest BCUT2D eigenvalue weighted by molar-refractivity contribution is 7.22. The molecule has 118 valence electrons. The second kappa shape index (κ2) is 6.82. The number of hydrogen-bond acceptors (Lipinski definition) is 6. The van der Waals surface area contributed by atoms with Gasteiger partial charge in [-0.3, -0.25) is 10.2 Å². The third kappa shape index (κ3) is 3.89. The van der Waals surface area contributed by atoms with E-state index in [2.05, 4.69) is 15.7 Å². The molecule has 3 aromatic rings. The molecule has 8 heteroatoms. The lowest BCUT2D eigenvalue weighted by Crippen LogP contribution is -2.20. The average molecular weight is 349 g/mol. The average Bonchev–Trinajstić information content (AvgIpc) is 2.97. The Bertz CT molecular complexity index is 835. The number of nitrogen functional groups attached to an aromatic ring is 1. The Kier molecular flexibility index (Phi) is 4.61. The summed E-state index contributed by atoms with van der Waals surface area (Å²) in [5.74, 6) is 5.68. The van der Waals surface area contributed by atoms with E-state index in [1.165, 1.54) is 11.3 Å². The van der Waals surface area contributed by atoms with E-state index < -0.39 is 0 Å². The third-order valence-corrected chi connectivity index (χ3v) is 4.18. The minimum absolute atomic E-state index is 0.0854. The Morgan fingerprint density at radius 2 is 2.04 bits per heavy atom. The fourth-order valence-corrected chi connectivity index (χ4v) is 2.88. The van der Waals surface area contributed by atoms with Gasteiger partial charge < -0.3 is 10.1 Å². The second-order valence-electron chi connectivity index (χ2n) is 4.64. The van der Waals surface area contributed by atoms with E-state index in [0.717, 1.165) is 10.2 Å². The van der Waals surface area contributed by atoms with Crippen molar-refractivity contribution in [1.82, 2.24) is 4.98 Å². The van der Waals surface area contributed by atoms with Crippen molar-refractivity contribution < 1.29 is 9.53 Å². The minimum Gasteiger partial charge on any atom is -0.484 e. The molecular formula is C15H13ClN4O2S. The number of nitrogens with zero attached hydrogens (tertiary/aromatic N) is 1. The Balaban J connectivity index is 1.61. The van der Waals surface area contributed by atoms with Crippen molar-refractivity contribution in [1.29, 1.82) is 0 Å². The van der Waals surface area contributed by atoms with E-state index in [1.807, 2.05) is 12.1 Å². The second-order valence-corrected chi connectivity index (χ2v) is 6.10. The molecule has 6 nitrogen and oxygen atoms in total. The van der Waals surface area contributed by atoms with Crippen LogP contribution in [0.1, 0.15) is 0 Å². The third-order valence-electron chi connectivity index (χ3n) is 2.98. The van der Waals surface area contributed by atoms with E-state index in [-0.39, 0.29) is 12.5 Å². The van der Waals surface area contributed by atoms with Crippen LogP contribution in [0.3, 0.4) is 0 Å². The summed E-state index contributed by atoms with van der Waals surface area (Å²) in [6, 6.07) is 12.3. The zero-order valence-electron chi connectivity index (χ0n) is 11.9. The number of nitrogens with one attached hydrogen (secondary N) is 2. The molecule has 0 saturated heterocycles. The number of ether oxygens (including phenoxy) is 1. The molecule has 0 atom stereocenters. The number of fused-ring (bicyclic) bond motifs is 1. The molecule has 0 aliphatic carbocycles. The van der Waals surface area contributed by atoms with Crippen molar-refractivity contribution in [3.63, 3.8) is 0 Å². The summed E-state index contributed by atoms with van der Waals surface area (Å²) >= 11 is 7.20. The van der Waals surface area contributed by atoms with Gasteiger partial charge in [-0.1, -0.05) is 22.9 Å². The van der Waals surface area contributed by atoms with Crippen LogP contribution in [0.2, 0.25) is 5.02 Å². The largest absolute Gasteiger partial charge is 0.484 e. The van der Waals surface area contributed by atoms with Gasteiger partial charge in [-0.2, -0.15) is 0 Å². The van der Waals surface area contributed by atoms with Crippen molar-refractivity contribution in [2.45, 2.75) is 0 Å². The van der Waals surface area contributed by atoms with Crippen LogP contribution >= 0.6 is 22.9 Å². The highest BCUT2D eigenvalue weighted by atomic mass is 35.5. The first-order chi connectivity index (χ1) is 11.1. The monoisotopic (exact) mass is 348 g/mol. The van der Waals surface area contributed by atoms with Gasteiger partial charge in [0.05, 0.1) is 10.2 Å². The molecule has 3 rings (SSSR count). The van der Waals surface area contributed by atoms with E-state index in [1.54, 1.807) is 30.3 Å². The van der Waals surface area contributed by atoms with E-state index >= 15 is 0 Å². The topological polar surface area (TPSA) is 89.3 Å². The van der Waals surface area contributed by atoms with Gasteiger partial charge in [0.15, 0.2) is 11.7 Å². The van der Waals surface area contributed by atoms with Crippen molar-refractivity contribution in [2.75, 3.05) is 17.3 Å². The van der Waals surface area contributed by atoms with Crippen LogP contribution in [0.5, 0.6) is 5.75 Å². The number of carbonyl (C=O) groups excluding carboxylic acids is 1. The van der Waals surface area contributed by atoms with Crippen LogP contribution in [-0.2, 0) is 4.79 Å². The van der Waals surface area contributed by atoms with Crippen molar-refractivity contribution >= 4 is 49.9 Å². The molecule has 0 aliphatic heterocycles. The van der Waals surface area contributed by atoms with Crippen LogP contribution in [0, 0.1) is 0 Å². The van der Waals surface area contributed by atoms with Gasteiger partial charge in [0, 0.05) is 10.7 Å². The molecule has 1 amide bonds. The summed E-state index contributed by atoms with van der Waals surface area (Å²) in [5, 5.41) is 4.02. The summed E-state index contributed by atoms with van der Waals surface area (Å²) in [6.07, 6.45) is 0. The van der Waals surface area contributed by atoms with Gasteiger partial charge in [-0.15, -0.1) is 0 Å². The first-order valence-corrected chi connectivity index (χ1v) is 7.89. The number of hydrogen-bond donors (Lipinski definition) is 3. The lowest BCUT2D eigenvalue weighted by atomic mass is 10.3. The smallest absolute Gasteiger partial charge is 0.262 e. The molecule has 0 spiro atoms. The van der Waals surface area contributed by atoms with Crippen LogP contribution in [0.25, 0.3) is 10.2 Å². The molecular weight excluding hydrogens is 336 g/mol. The molecule has 0 radical (unpaired) electrons. The predicted octanol–water partition coefficient (Wildman–Crippen LogP) is 3.25. The van der Waals surface area contributed by atoms with Gasteiger partial charge in [0.1, 0.15) is 5.75 Å². The highest BCUT2D eigenvalue weighted by Crippen LogP contribution is 2.27. The molecule has 2 aromatic carbocycles. The lowest BCUT2D eigenvalue weighted by molar-refractivity contribution is -0.118. The molecule has 0 fully saturated rings. The molecule has 23 heavy (non-hydrogen) atoms. The number of nitrogens with two attached hydrogens (primary N) is 1. The van der Waals surface area contributed by atoms with Crippen LogP contribution in [0.15, 0.2) is 42.5 Å². The first-order valence-electron chi connectivity index (χ1n) is 6.69. The molecule has 0 bridgehead atoms. The van der Waals surface area contributed by atoms with Gasteiger partial charge in [0.2, 0.25) is 0 Å². The summed E-state index contributed by atoms with van der Waals surface area (Å²) in [4.78, 5) is 16.2. The van der Waals surface area contributed by atoms with Crippen LogP contribution in [-0.4, -0.2) is 17.5 Å². The number of rotatable bonds is 5.